The maximum absolute atomic E-state index is 12.2. The first-order valence-electron chi connectivity index (χ1n) is 8.38. The van der Waals surface area contributed by atoms with Gasteiger partial charge in [-0.1, -0.05) is 0 Å². The molecule has 0 saturated heterocycles. The van der Waals surface area contributed by atoms with E-state index >= 15 is 0 Å². The van der Waals surface area contributed by atoms with Gasteiger partial charge in [0.05, 0.1) is 23.9 Å². The van der Waals surface area contributed by atoms with Gasteiger partial charge in [0.1, 0.15) is 0 Å². The van der Waals surface area contributed by atoms with Crippen LogP contribution in [0.2, 0.25) is 0 Å². The fourth-order valence-electron chi connectivity index (χ4n) is 2.73. The van der Waals surface area contributed by atoms with Gasteiger partial charge in [-0.2, -0.15) is 10.2 Å². The molecule has 1 unspecified atom stereocenters. The Balaban J connectivity index is 1.64. The summed E-state index contributed by atoms with van der Waals surface area (Å²) >= 11 is 1.35. The van der Waals surface area contributed by atoms with Crippen LogP contribution in [0.15, 0.2) is 42.4 Å². The van der Waals surface area contributed by atoms with Crippen LogP contribution in [-0.4, -0.2) is 48.0 Å². The molecule has 4 aromatic heterocycles. The molecule has 4 aromatic rings. The molecule has 2 N–H and O–H groups in total. The van der Waals surface area contributed by atoms with E-state index in [4.69, 9.17) is 5.11 Å². The first-order valence-corrected chi connectivity index (χ1v) is 9.26. The number of nitrogens with zero attached hydrogens (tertiary/aromatic N) is 5. The highest BCUT2D eigenvalue weighted by molar-refractivity contribution is 7.12. The molecule has 0 spiro atoms. The summed E-state index contributed by atoms with van der Waals surface area (Å²) < 4.78 is 3.46. The van der Waals surface area contributed by atoms with E-state index < -0.39 is 0 Å². The Hall–Kier alpha value is -3.04. The number of aromatic nitrogens is 5. The van der Waals surface area contributed by atoms with E-state index in [2.05, 4.69) is 20.5 Å². The van der Waals surface area contributed by atoms with Gasteiger partial charge in [0.25, 0.3) is 5.91 Å². The Bertz CT molecular complexity index is 1110. The molecular weight excluding hydrogens is 364 g/mol. The van der Waals surface area contributed by atoms with Gasteiger partial charge >= 0.3 is 0 Å². The minimum absolute atomic E-state index is 0.0960. The van der Waals surface area contributed by atoms with Crippen molar-refractivity contribution in [3.8, 4) is 22.3 Å². The molecule has 0 aliphatic carbocycles. The molecule has 27 heavy (non-hydrogen) atoms. The number of rotatable bonds is 5. The van der Waals surface area contributed by atoms with Gasteiger partial charge in [-0.25, -0.2) is 9.50 Å². The van der Waals surface area contributed by atoms with Gasteiger partial charge in [-0.15, -0.1) is 11.3 Å². The van der Waals surface area contributed by atoms with Crippen molar-refractivity contribution in [2.75, 3.05) is 6.61 Å². The SMILES string of the molecule is CC(CO)NC(=O)c1cc(-c2cnn3cc(-c4cnn(C)c4)cnc23)cs1. The van der Waals surface area contributed by atoms with E-state index in [9.17, 15) is 4.79 Å². The number of aryl methyl sites for hydroxylation is 1. The molecule has 0 radical (unpaired) electrons. The number of carbonyl (C=O) groups is 1. The number of amides is 1. The highest BCUT2D eigenvalue weighted by Gasteiger charge is 2.15. The molecule has 0 fully saturated rings. The smallest absolute Gasteiger partial charge is 0.261 e. The Morgan fingerprint density at radius 3 is 2.78 bits per heavy atom. The summed E-state index contributed by atoms with van der Waals surface area (Å²) in [5.41, 5.74) is 4.36. The number of aliphatic hydroxyl groups is 1. The normalized spacial score (nSPS) is 12.4. The minimum atomic E-state index is -0.285. The summed E-state index contributed by atoms with van der Waals surface area (Å²) in [6, 6.07) is 1.53. The zero-order valence-corrected chi connectivity index (χ0v) is 15.6. The molecule has 0 aliphatic rings. The summed E-state index contributed by atoms with van der Waals surface area (Å²) in [5, 5.41) is 22.3. The Kier molecular flexibility index (Phi) is 4.46. The quantitative estimate of drug-likeness (QED) is 0.550. The Morgan fingerprint density at radius 2 is 2.04 bits per heavy atom. The summed E-state index contributed by atoms with van der Waals surface area (Å²) in [6.45, 7) is 1.66. The van der Waals surface area contributed by atoms with E-state index in [0.29, 0.717) is 4.88 Å². The van der Waals surface area contributed by atoms with E-state index in [1.54, 1.807) is 34.7 Å². The maximum atomic E-state index is 12.2. The number of hydrogen-bond acceptors (Lipinski definition) is 6. The fourth-order valence-corrected chi connectivity index (χ4v) is 3.54. The van der Waals surface area contributed by atoms with Crippen molar-refractivity contribution < 1.29 is 9.90 Å². The largest absolute Gasteiger partial charge is 0.394 e. The Morgan fingerprint density at radius 1 is 1.22 bits per heavy atom. The van der Waals surface area contributed by atoms with Crippen molar-refractivity contribution in [1.29, 1.82) is 0 Å². The van der Waals surface area contributed by atoms with Crippen molar-refractivity contribution in [2.24, 2.45) is 7.05 Å². The van der Waals surface area contributed by atoms with Crippen LogP contribution in [0.1, 0.15) is 16.6 Å². The van der Waals surface area contributed by atoms with Crippen LogP contribution in [-0.2, 0) is 7.05 Å². The van der Waals surface area contributed by atoms with E-state index in [-0.39, 0.29) is 18.6 Å². The molecule has 9 heteroatoms. The third-order valence-corrected chi connectivity index (χ3v) is 5.11. The number of aliphatic hydroxyl groups excluding tert-OH is 1. The average molecular weight is 382 g/mol. The highest BCUT2D eigenvalue weighted by atomic mass is 32.1. The molecular formula is C18H18N6O2S. The first-order chi connectivity index (χ1) is 13.0. The number of carbonyl (C=O) groups excluding carboxylic acids is 1. The molecule has 0 saturated carbocycles. The lowest BCUT2D eigenvalue weighted by molar-refractivity contribution is 0.0926. The second kappa shape index (κ2) is 6.93. The molecule has 0 aromatic carbocycles. The van der Waals surface area contributed by atoms with Gasteiger partial charge in [-0.3, -0.25) is 9.48 Å². The van der Waals surface area contributed by atoms with E-state index in [1.807, 2.05) is 30.9 Å². The van der Waals surface area contributed by atoms with Gasteiger partial charge in [0.15, 0.2) is 5.65 Å². The van der Waals surface area contributed by atoms with Crippen molar-refractivity contribution in [1.82, 2.24) is 29.7 Å². The number of nitrogens with one attached hydrogen (secondary N) is 1. The summed E-state index contributed by atoms with van der Waals surface area (Å²) in [5.74, 6) is -0.198. The molecule has 1 amide bonds. The van der Waals surface area contributed by atoms with Crippen LogP contribution in [0.3, 0.4) is 0 Å². The molecule has 1 atom stereocenters. The van der Waals surface area contributed by atoms with E-state index in [1.165, 1.54) is 11.3 Å². The second-order valence-corrected chi connectivity index (χ2v) is 7.24. The lowest BCUT2D eigenvalue weighted by Crippen LogP contribution is -2.34. The zero-order chi connectivity index (χ0) is 19.0. The molecule has 4 rings (SSSR count). The summed E-state index contributed by atoms with van der Waals surface area (Å²) in [4.78, 5) is 17.3. The predicted molar refractivity (Wildman–Crippen MR) is 103 cm³/mol. The van der Waals surface area contributed by atoms with Crippen LogP contribution >= 0.6 is 11.3 Å². The zero-order valence-electron chi connectivity index (χ0n) is 14.8. The third kappa shape index (κ3) is 3.34. The maximum Gasteiger partial charge on any atom is 0.261 e. The summed E-state index contributed by atoms with van der Waals surface area (Å²) in [6.07, 6.45) is 9.15. The van der Waals surface area contributed by atoms with Gasteiger partial charge in [0.2, 0.25) is 0 Å². The number of fused-ring (bicyclic) bond motifs is 1. The number of thiophene rings is 1. The fraction of sp³-hybridized carbons (Fsp3) is 0.222. The monoisotopic (exact) mass is 382 g/mol. The minimum Gasteiger partial charge on any atom is -0.394 e. The second-order valence-electron chi connectivity index (χ2n) is 6.33. The Labute approximate surface area is 159 Å². The number of hydrogen-bond donors (Lipinski definition) is 2. The van der Waals surface area contributed by atoms with Gasteiger partial charge in [-0.05, 0) is 23.9 Å². The van der Waals surface area contributed by atoms with Crippen LogP contribution in [0.4, 0.5) is 0 Å². The van der Waals surface area contributed by atoms with Crippen LogP contribution in [0.25, 0.3) is 27.9 Å². The summed E-state index contributed by atoms with van der Waals surface area (Å²) in [7, 11) is 1.87. The van der Waals surface area contributed by atoms with Gasteiger partial charge < -0.3 is 10.4 Å². The standard InChI is InChI=1S/C18H18N6O2S/c1-11(9-25)22-18(26)16-3-12(10-27-16)15-6-21-24-8-13(4-19-17(15)24)14-5-20-23(2)7-14/h3-8,10-11,25H,9H2,1-2H3,(H,22,26). The average Bonchev–Trinajstić information content (AvgIpc) is 3.39. The predicted octanol–water partition coefficient (Wildman–Crippen LogP) is 1.97. The van der Waals surface area contributed by atoms with Crippen molar-refractivity contribution in [3.05, 3.63) is 47.3 Å². The van der Waals surface area contributed by atoms with Crippen LogP contribution in [0.5, 0.6) is 0 Å². The topological polar surface area (TPSA) is 97.3 Å². The third-order valence-electron chi connectivity index (χ3n) is 4.18. The highest BCUT2D eigenvalue weighted by Crippen LogP contribution is 2.29. The lowest BCUT2D eigenvalue weighted by Gasteiger charge is -2.08. The van der Waals surface area contributed by atoms with Crippen molar-refractivity contribution in [3.63, 3.8) is 0 Å². The molecule has 0 bridgehead atoms. The molecule has 8 nitrogen and oxygen atoms in total. The van der Waals surface area contributed by atoms with Crippen molar-refractivity contribution in [2.45, 2.75) is 13.0 Å². The van der Waals surface area contributed by atoms with Gasteiger partial charge in [0, 0.05) is 48.4 Å². The lowest BCUT2D eigenvalue weighted by atomic mass is 10.1. The van der Waals surface area contributed by atoms with Crippen LogP contribution in [0, 0.1) is 0 Å². The van der Waals surface area contributed by atoms with E-state index in [0.717, 1.165) is 27.9 Å². The first kappa shape index (κ1) is 17.4. The molecule has 0 aliphatic heterocycles. The van der Waals surface area contributed by atoms with Crippen LogP contribution < -0.4 is 5.32 Å². The molecule has 138 valence electrons. The molecule has 4 heterocycles. The van der Waals surface area contributed by atoms with Crippen molar-refractivity contribution >= 4 is 22.9 Å².